The number of hydrogen-bond acceptors (Lipinski definition) is 1. The maximum Gasteiger partial charge on any atom is 0.0207 e. The van der Waals surface area contributed by atoms with Gasteiger partial charge in [-0.1, -0.05) is 73.2 Å². The van der Waals surface area contributed by atoms with Crippen LogP contribution in [-0.2, 0) is 6.42 Å². The molecule has 0 spiro atoms. The van der Waals surface area contributed by atoms with Crippen LogP contribution in [0.25, 0.3) is 0 Å². The molecule has 1 aromatic rings. The molecule has 1 aromatic carbocycles. The van der Waals surface area contributed by atoms with E-state index in [-0.39, 0.29) is 0 Å². The average molecular weight is 324 g/mol. The lowest BCUT2D eigenvalue weighted by molar-refractivity contribution is 0.298. The average Bonchev–Trinajstić information content (AvgIpc) is 2.43. The minimum atomic E-state index is 0.631. The molecule has 1 fully saturated rings. The smallest absolute Gasteiger partial charge is 0.0207 e. The lowest BCUT2D eigenvalue weighted by atomic mass is 9.83. The summed E-state index contributed by atoms with van der Waals surface area (Å²) in [4.78, 5) is 0. The Balaban J connectivity index is 1.93. The fourth-order valence-electron chi connectivity index (χ4n) is 3.28. The van der Waals surface area contributed by atoms with E-state index in [9.17, 15) is 0 Å². The van der Waals surface area contributed by atoms with E-state index in [2.05, 4.69) is 52.4 Å². The van der Waals surface area contributed by atoms with Crippen LogP contribution in [0, 0.1) is 5.92 Å². The van der Waals surface area contributed by atoms with Gasteiger partial charge in [0.2, 0.25) is 0 Å². The second-order valence-corrected chi connectivity index (χ2v) is 6.64. The molecular formula is C17H26BrN. The molecule has 1 nitrogen and oxygen atoms in total. The minimum Gasteiger partial charge on any atom is -0.314 e. The highest BCUT2D eigenvalue weighted by molar-refractivity contribution is 9.10. The topological polar surface area (TPSA) is 12.0 Å². The first-order valence-electron chi connectivity index (χ1n) is 7.76. The van der Waals surface area contributed by atoms with Crippen molar-refractivity contribution in [1.29, 1.82) is 0 Å². The van der Waals surface area contributed by atoms with E-state index in [0.29, 0.717) is 6.04 Å². The van der Waals surface area contributed by atoms with E-state index in [1.54, 1.807) is 0 Å². The first-order chi connectivity index (χ1) is 9.29. The highest BCUT2D eigenvalue weighted by Gasteiger charge is 2.19. The first kappa shape index (κ1) is 15.1. The van der Waals surface area contributed by atoms with Crippen molar-refractivity contribution in [2.24, 2.45) is 5.92 Å². The quantitative estimate of drug-likeness (QED) is 0.781. The molecule has 2 rings (SSSR count). The summed E-state index contributed by atoms with van der Waals surface area (Å²) in [5, 5.41) is 3.68. The van der Waals surface area contributed by atoms with Crippen LogP contribution in [0.4, 0.5) is 0 Å². The van der Waals surface area contributed by atoms with Crippen LogP contribution in [0.3, 0.4) is 0 Å². The third kappa shape index (κ3) is 4.92. The van der Waals surface area contributed by atoms with Gasteiger partial charge in [0.05, 0.1) is 0 Å². The van der Waals surface area contributed by atoms with Crippen LogP contribution >= 0.6 is 15.9 Å². The number of hydrogen-bond donors (Lipinski definition) is 1. The summed E-state index contributed by atoms with van der Waals surface area (Å²) in [7, 11) is 0. The highest BCUT2D eigenvalue weighted by Crippen LogP contribution is 2.28. The number of nitrogens with one attached hydrogen (secondary N) is 1. The minimum absolute atomic E-state index is 0.631. The van der Waals surface area contributed by atoms with Crippen LogP contribution in [0.15, 0.2) is 28.7 Å². The Morgan fingerprint density at radius 1 is 1.21 bits per heavy atom. The van der Waals surface area contributed by atoms with Gasteiger partial charge >= 0.3 is 0 Å². The Bertz CT molecular complexity index is 371. The molecular weight excluding hydrogens is 298 g/mol. The summed E-state index contributed by atoms with van der Waals surface area (Å²) in [5.74, 6) is 0.945. The van der Waals surface area contributed by atoms with E-state index < -0.39 is 0 Å². The fourth-order valence-corrected chi connectivity index (χ4v) is 3.73. The van der Waals surface area contributed by atoms with Crippen LogP contribution in [0.2, 0.25) is 0 Å². The summed E-state index contributed by atoms with van der Waals surface area (Å²) < 4.78 is 1.25. The second kappa shape index (κ2) is 8.06. The predicted octanol–water partition coefficient (Wildman–Crippen LogP) is 4.94. The van der Waals surface area contributed by atoms with E-state index in [4.69, 9.17) is 0 Å². The zero-order chi connectivity index (χ0) is 13.5. The molecule has 19 heavy (non-hydrogen) atoms. The molecule has 1 aliphatic rings. The number of halogens is 1. The molecule has 0 aliphatic heterocycles. The molecule has 0 aromatic heterocycles. The molecule has 1 unspecified atom stereocenters. The van der Waals surface area contributed by atoms with Gasteiger partial charge in [0.25, 0.3) is 0 Å². The summed E-state index contributed by atoms with van der Waals surface area (Å²) >= 11 is 3.67. The fraction of sp³-hybridized carbons (Fsp3) is 0.647. The van der Waals surface area contributed by atoms with Crippen molar-refractivity contribution in [3.8, 4) is 0 Å². The van der Waals surface area contributed by atoms with Gasteiger partial charge in [0.15, 0.2) is 0 Å². The Morgan fingerprint density at radius 3 is 2.63 bits per heavy atom. The molecule has 0 saturated heterocycles. The van der Waals surface area contributed by atoms with E-state index in [0.717, 1.165) is 18.9 Å². The van der Waals surface area contributed by atoms with Gasteiger partial charge < -0.3 is 5.32 Å². The summed E-state index contributed by atoms with van der Waals surface area (Å²) in [6, 6.07) is 9.27. The number of rotatable bonds is 6. The van der Waals surface area contributed by atoms with Crippen LogP contribution in [0.1, 0.15) is 51.0 Å². The number of benzene rings is 1. The van der Waals surface area contributed by atoms with Crippen LogP contribution < -0.4 is 5.32 Å². The van der Waals surface area contributed by atoms with Crippen molar-refractivity contribution >= 4 is 15.9 Å². The second-order valence-electron chi connectivity index (χ2n) is 5.79. The zero-order valence-corrected chi connectivity index (χ0v) is 13.6. The molecule has 0 radical (unpaired) electrons. The Labute approximate surface area is 126 Å². The van der Waals surface area contributed by atoms with Gasteiger partial charge in [0.1, 0.15) is 0 Å². The molecule has 1 aliphatic carbocycles. The Morgan fingerprint density at radius 2 is 1.95 bits per heavy atom. The maximum absolute atomic E-state index is 3.68. The monoisotopic (exact) mass is 323 g/mol. The van der Waals surface area contributed by atoms with Gasteiger partial charge in [-0.15, -0.1) is 0 Å². The SMILES string of the molecule is CCNC(Cc1ccccc1Br)CC1CCCCC1. The largest absolute Gasteiger partial charge is 0.314 e. The summed E-state index contributed by atoms with van der Waals surface area (Å²) in [5.41, 5.74) is 1.43. The van der Waals surface area contributed by atoms with Gasteiger partial charge in [-0.2, -0.15) is 0 Å². The highest BCUT2D eigenvalue weighted by atomic mass is 79.9. The Hall–Kier alpha value is -0.340. The van der Waals surface area contributed by atoms with Crippen LogP contribution in [0.5, 0.6) is 0 Å². The molecule has 106 valence electrons. The first-order valence-corrected chi connectivity index (χ1v) is 8.55. The molecule has 1 atom stereocenters. The third-order valence-corrected chi connectivity index (χ3v) is 5.03. The van der Waals surface area contributed by atoms with Gasteiger partial charge in [-0.3, -0.25) is 0 Å². The lowest BCUT2D eigenvalue weighted by Gasteiger charge is -2.27. The van der Waals surface area contributed by atoms with Gasteiger partial charge in [-0.05, 0) is 36.9 Å². The summed E-state index contributed by atoms with van der Waals surface area (Å²) in [6.45, 7) is 3.29. The molecule has 1 saturated carbocycles. The van der Waals surface area contributed by atoms with Crippen molar-refractivity contribution in [3.63, 3.8) is 0 Å². The van der Waals surface area contributed by atoms with Crippen molar-refractivity contribution in [3.05, 3.63) is 34.3 Å². The molecule has 2 heteroatoms. The van der Waals surface area contributed by atoms with Crippen molar-refractivity contribution in [1.82, 2.24) is 5.32 Å². The molecule has 0 bridgehead atoms. The summed E-state index contributed by atoms with van der Waals surface area (Å²) in [6.07, 6.45) is 9.71. The van der Waals surface area contributed by atoms with Crippen molar-refractivity contribution in [2.75, 3.05) is 6.54 Å². The van der Waals surface area contributed by atoms with E-state index in [1.807, 2.05) is 0 Å². The van der Waals surface area contributed by atoms with Crippen molar-refractivity contribution in [2.45, 2.75) is 57.9 Å². The number of likely N-dealkylation sites (N-methyl/N-ethyl adjacent to an activating group) is 1. The van der Waals surface area contributed by atoms with Crippen LogP contribution in [-0.4, -0.2) is 12.6 Å². The Kier molecular flexibility index (Phi) is 6.39. The van der Waals surface area contributed by atoms with E-state index in [1.165, 1.54) is 48.6 Å². The standard InChI is InChI=1S/C17H26BrN/c1-2-19-16(12-14-8-4-3-5-9-14)13-15-10-6-7-11-17(15)18/h6-7,10-11,14,16,19H,2-5,8-9,12-13H2,1H3. The molecule has 0 heterocycles. The lowest BCUT2D eigenvalue weighted by Crippen LogP contribution is -2.33. The van der Waals surface area contributed by atoms with Gasteiger partial charge in [0, 0.05) is 10.5 Å². The van der Waals surface area contributed by atoms with E-state index >= 15 is 0 Å². The molecule has 1 N–H and O–H groups in total. The zero-order valence-electron chi connectivity index (χ0n) is 12.0. The maximum atomic E-state index is 3.68. The molecule has 0 amide bonds. The third-order valence-electron chi connectivity index (χ3n) is 4.26. The predicted molar refractivity (Wildman–Crippen MR) is 86.5 cm³/mol. The van der Waals surface area contributed by atoms with Crippen molar-refractivity contribution < 1.29 is 0 Å². The van der Waals surface area contributed by atoms with Gasteiger partial charge in [-0.25, -0.2) is 0 Å². The normalized spacial score (nSPS) is 18.4.